The summed E-state index contributed by atoms with van der Waals surface area (Å²) < 4.78 is 0. The largest absolute Gasteiger partial charge is 0.396 e. The van der Waals surface area contributed by atoms with E-state index in [0.29, 0.717) is 11.8 Å². The Balaban J connectivity index is 2.16. The van der Waals surface area contributed by atoms with E-state index in [0.717, 1.165) is 19.5 Å². The molecule has 0 saturated carbocycles. The van der Waals surface area contributed by atoms with Gasteiger partial charge in [-0.05, 0) is 36.4 Å². The molecule has 1 heterocycles. The summed E-state index contributed by atoms with van der Waals surface area (Å²) in [7, 11) is 0. The molecule has 0 saturated heterocycles. The molecule has 3 nitrogen and oxygen atoms in total. The summed E-state index contributed by atoms with van der Waals surface area (Å²) in [6.07, 6.45) is 4.68. The molecular weight excluding hydrogens is 200 g/mol. The zero-order chi connectivity index (χ0) is 11.8. The van der Waals surface area contributed by atoms with Crippen LogP contribution in [-0.2, 0) is 6.42 Å². The van der Waals surface area contributed by atoms with Gasteiger partial charge in [0, 0.05) is 25.5 Å². The number of pyridine rings is 1. The van der Waals surface area contributed by atoms with E-state index >= 15 is 0 Å². The van der Waals surface area contributed by atoms with E-state index in [1.165, 1.54) is 5.56 Å². The normalized spacial score (nSPS) is 13.0. The van der Waals surface area contributed by atoms with Crippen LogP contribution in [0.15, 0.2) is 24.5 Å². The molecule has 1 aromatic heterocycles. The topological polar surface area (TPSA) is 45.1 Å². The number of aliphatic hydroxyl groups excluding tert-OH is 1. The second-order valence-corrected chi connectivity index (χ2v) is 4.50. The minimum atomic E-state index is 0.261. The summed E-state index contributed by atoms with van der Waals surface area (Å²) >= 11 is 0. The Labute approximate surface area is 97.9 Å². The van der Waals surface area contributed by atoms with Crippen LogP contribution in [0, 0.1) is 11.8 Å². The predicted molar refractivity (Wildman–Crippen MR) is 66.2 cm³/mol. The van der Waals surface area contributed by atoms with Crippen LogP contribution in [0.3, 0.4) is 0 Å². The first-order valence-electron chi connectivity index (χ1n) is 5.94. The van der Waals surface area contributed by atoms with Gasteiger partial charge in [0.05, 0.1) is 0 Å². The second-order valence-electron chi connectivity index (χ2n) is 4.50. The molecule has 90 valence electrons. The predicted octanol–water partition coefficient (Wildman–Crippen LogP) is 1.48. The van der Waals surface area contributed by atoms with Crippen molar-refractivity contribution in [1.29, 1.82) is 0 Å². The van der Waals surface area contributed by atoms with Gasteiger partial charge in [-0.2, -0.15) is 0 Å². The lowest BCUT2D eigenvalue weighted by Crippen LogP contribution is -2.30. The molecule has 0 spiro atoms. The third-order valence-corrected chi connectivity index (χ3v) is 2.90. The maximum absolute atomic E-state index is 9.16. The van der Waals surface area contributed by atoms with Crippen LogP contribution in [0.5, 0.6) is 0 Å². The van der Waals surface area contributed by atoms with Gasteiger partial charge in [-0.3, -0.25) is 4.98 Å². The average molecular weight is 222 g/mol. The Morgan fingerprint density at radius 1 is 1.44 bits per heavy atom. The Kier molecular flexibility index (Phi) is 6.04. The lowest BCUT2D eigenvalue weighted by atomic mass is 9.97. The van der Waals surface area contributed by atoms with Crippen molar-refractivity contribution in [3.8, 4) is 0 Å². The summed E-state index contributed by atoms with van der Waals surface area (Å²) in [5, 5.41) is 12.5. The molecule has 0 radical (unpaired) electrons. The van der Waals surface area contributed by atoms with E-state index in [1.807, 2.05) is 12.3 Å². The lowest BCUT2D eigenvalue weighted by Gasteiger charge is -2.18. The number of nitrogens with zero attached hydrogens (tertiary/aromatic N) is 1. The van der Waals surface area contributed by atoms with Gasteiger partial charge < -0.3 is 10.4 Å². The third kappa shape index (κ3) is 4.73. The van der Waals surface area contributed by atoms with Crippen molar-refractivity contribution in [2.24, 2.45) is 11.8 Å². The quantitative estimate of drug-likeness (QED) is 0.687. The maximum Gasteiger partial charge on any atom is 0.0473 e. The maximum atomic E-state index is 9.16. The highest BCUT2D eigenvalue weighted by Gasteiger charge is 2.10. The fourth-order valence-electron chi connectivity index (χ4n) is 1.58. The molecule has 2 N–H and O–H groups in total. The second kappa shape index (κ2) is 7.36. The first kappa shape index (κ1) is 13.1. The summed E-state index contributed by atoms with van der Waals surface area (Å²) in [5.41, 5.74) is 1.25. The van der Waals surface area contributed by atoms with Crippen LogP contribution in [0.1, 0.15) is 19.4 Å². The molecule has 16 heavy (non-hydrogen) atoms. The lowest BCUT2D eigenvalue weighted by molar-refractivity contribution is 0.186. The van der Waals surface area contributed by atoms with E-state index in [9.17, 15) is 0 Å². The molecule has 1 unspecified atom stereocenters. The zero-order valence-electron chi connectivity index (χ0n) is 10.2. The van der Waals surface area contributed by atoms with Crippen molar-refractivity contribution >= 4 is 0 Å². The summed E-state index contributed by atoms with van der Waals surface area (Å²) in [5.74, 6) is 0.879. The van der Waals surface area contributed by atoms with Gasteiger partial charge in [0.1, 0.15) is 0 Å². The fraction of sp³-hybridized carbons (Fsp3) is 0.615. The van der Waals surface area contributed by atoms with Gasteiger partial charge in [-0.1, -0.05) is 19.9 Å². The van der Waals surface area contributed by atoms with Gasteiger partial charge >= 0.3 is 0 Å². The Morgan fingerprint density at radius 3 is 2.81 bits per heavy atom. The number of hydrogen-bond acceptors (Lipinski definition) is 3. The molecular formula is C13H22N2O. The SMILES string of the molecule is CC(C)C(CO)CNCCc1cccnc1. The van der Waals surface area contributed by atoms with Crippen molar-refractivity contribution in [3.05, 3.63) is 30.1 Å². The van der Waals surface area contributed by atoms with E-state index in [-0.39, 0.29) is 6.61 Å². The summed E-state index contributed by atoms with van der Waals surface area (Å²) in [6.45, 7) is 6.37. The van der Waals surface area contributed by atoms with E-state index in [1.54, 1.807) is 6.20 Å². The molecule has 0 bridgehead atoms. The number of aromatic nitrogens is 1. The molecule has 0 aliphatic rings. The van der Waals surface area contributed by atoms with Gasteiger partial charge in [0.15, 0.2) is 0 Å². The summed E-state index contributed by atoms with van der Waals surface area (Å²) in [4.78, 5) is 4.08. The fourth-order valence-corrected chi connectivity index (χ4v) is 1.58. The van der Waals surface area contributed by atoms with Crippen LogP contribution in [0.2, 0.25) is 0 Å². The smallest absolute Gasteiger partial charge is 0.0473 e. The molecule has 1 atom stereocenters. The molecule has 0 aliphatic carbocycles. The minimum Gasteiger partial charge on any atom is -0.396 e. The molecule has 0 fully saturated rings. The Hall–Kier alpha value is -0.930. The van der Waals surface area contributed by atoms with Gasteiger partial charge in [-0.25, -0.2) is 0 Å². The summed E-state index contributed by atoms with van der Waals surface area (Å²) in [6, 6.07) is 4.04. The minimum absolute atomic E-state index is 0.261. The van der Waals surface area contributed by atoms with Crippen molar-refractivity contribution in [3.63, 3.8) is 0 Å². The molecule has 1 aromatic rings. The van der Waals surface area contributed by atoms with Gasteiger partial charge in [0.25, 0.3) is 0 Å². The van der Waals surface area contributed by atoms with Crippen LogP contribution in [0.4, 0.5) is 0 Å². The highest BCUT2D eigenvalue weighted by Crippen LogP contribution is 2.08. The van der Waals surface area contributed by atoms with Crippen LogP contribution < -0.4 is 5.32 Å². The molecule has 0 aliphatic heterocycles. The average Bonchev–Trinajstić information content (AvgIpc) is 2.30. The van der Waals surface area contributed by atoms with Crippen molar-refractivity contribution in [2.45, 2.75) is 20.3 Å². The zero-order valence-corrected chi connectivity index (χ0v) is 10.2. The van der Waals surface area contributed by atoms with E-state index in [4.69, 9.17) is 5.11 Å². The Morgan fingerprint density at radius 2 is 2.25 bits per heavy atom. The third-order valence-electron chi connectivity index (χ3n) is 2.90. The van der Waals surface area contributed by atoms with Gasteiger partial charge in [-0.15, -0.1) is 0 Å². The highest BCUT2D eigenvalue weighted by molar-refractivity contribution is 5.08. The number of rotatable bonds is 7. The Bertz CT molecular complexity index is 275. The van der Waals surface area contributed by atoms with Crippen LogP contribution in [0.25, 0.3) is 0 Å². The molecule has 0 aromatic carbocycles. The van der Waals surface area contributed by atoms with E-state index in [2.05, 4.69) is 30.2 Å². The van der Waals surface area contributed by atoms with Crippen LogP contribution in [-0.4, -0.2) is 29.8 Å². The van der Waals surface area contributed by atoms with Crippen molar-refractivity contribution in [1.82, 2.24) is 10.3 Å². The number of hydrogen-bond donors (Lipinski definition) is 2. The first-order valence-corrected chi connectivity index (χ1v) is 5.94. The first-order chi connectivity index (χ1) is 7.74. The molecule has 1 rings (SSSR count). The molecule has 0 amide bonds. The molecule has 3 heteroatoms. The van der Waals surface area contributed by atoms with E-state index < -0.39 is 0 Å². The standard InChI is InChI=1S/C13H22N2O/c1-11(2)13(10-16)9-15-7-5-12-4-3-6-14-8-12/h3-4,6,8,11,13,15-16H,5,7,9-10H2,1-2H3. The van der Waals surface area contributed by atoms with Gasteiger partial charge in [0.2, 0.25) is 0 Å². The monoisotopic (exact) mass is 222 g/mol. The highest BCUT2D eigenvalue weighted by atomic mass is 16.3. The number of aliphatic hydroxyl groups is 1. The van der Waals surface area contributed by atoms with Crippen molar-refractivity contribution in [2.75, 3.05) is 19.7 Å². The van der Waals surface area contributed by atoms with Crippen LogP contribution >= 0.6 is 0 Å². The van der Waals surface area contributed by atoms with Crippen molar-refractivity contribution < 1.29 is 5.11 Å². The number of nitrogens with one attached hydrogen (secondary N) is 1.